The molecule has 0 bridgehead atoms. The Kier molecular flexibility index (Phi) is 13.6. The van der Waals surface area contributed by atoms with Crippen molar-refractivity contribution in [3.63, 3.8) is 0 Å². The van der Waals surface area contributed by atoms with E-state index in [9.17, 15) is 19.2 Å². The molecular weight excluding hydrogens is 526 g/mol. The predicted octanol–water partition coefficient (Wildman–Crippen LogP) is 5.61. The monoisotopic (exact) mass is 577 g/mol. The Morgan fingerprint density at radius 2 is 1.27 bits per heavy atom. The van der Waals surface area contributed by atoms with Gasteiger partial charge in [-0.25, -0.2) is 9.59 Å². The molecular formula is C31H51N3O7. The molecule has 0 aliphatic carbocycles. The number of nitrogens with one attached hydrogen (secondary N) is 1. The molecule has 2 heterocycles. The van der Waals surface area contributed by atoms with Gasteiger partial charge in [-0.2, -0.15) is 0 Å². The van der Waals surface area contributed by atoms with Crippen molar-refractivity contribution in [1.29, 1.82) is 0 Å². The molecule has 10 heteroatoms. The normalized spacial score (nSPS) is 19.1. The highest BCUT2D eigenvalue weighted by atomic mass is 16.6. The van der Waals surface area contributed by atoms with Gasteiger partial charge in [0.25, 0.3) is 0 Å². The van der Waals surface area contributed by atoms with E-state index in [1.807, 2.05) is 52.0 Å². The Bertz CT molecular complexity index is 1010. The van der Waals surface area contributed by atoms with Gasteiger partial charge in [-0.3, -0.25) is 9.59 Å². The number of hydrogen-bond donors (Lipinski definition) is 2. The Labute approximate surface area is 245 Å². The third-order valence-electron chi connectivity index (χ3n) is 6.45. The molecule has 2 aliphatic heterocycles. The van der Waals surface area contributed by atoms with Crippen molar-refractivity contribution in [2.24, 2.45) is 11.8 Å². The number of aryl methyl sites for hydroxylation is 1. The molecule has 0 radical (unpaired) electrons. The molecule has 0 spiro atoms. The predicted molar refractivity (Wildman–Crippen MR) is 158 cm³/mol. The number of likely N-dealkylation sites (tertiary alicyclic amines) is 2. The van der Waals surface area contributed by atoms with E-state index in [1.165, 1.54) is 10.5 Å². The maximum Gasteiger partial charge on any atom is 0.410 e. The molecule has 2 aliphatic rings. The van der Waals surface area contributed by atoms with Gasteiger partial charge in [0.2, 0.25) is 5.91 Å². The first-order valence-electron chi connectivity index (χ1n) is 14.1. The van der Waals surface area contributed by atoms with Crippen LogP contribution in [0.5, 0.6) is 0 Å². The number of carbonyl (C=O) groups is 4. The summed E-state index contributed by atoms with van der Waals surface area (Å²) in [6.45, 7) is 15.4. The quantitative estimate of drug-likeness (QED) is 0.476. The number of benzene rings is 1. The molecule has 232 valence electrons. The second-order valence-electron chi connectivity index (χ2n) is 12.6. The fourth-order valence-electron chi connectivity index (χ4n) is 4.39. The minimum Gasteiger partial charge on any atom is -0.481 e. The topological polar surface area (TPSA) is 125 Å². The van der Waals surface area contributed by atoms with Crippen LogP contribution in [0.3, 0.4) is 0 Å². The van der Waals surface area contributed by atoms with Gasteiger partial charge in [0.05, 0.1) is 11.8 Å². The first kappa shape index (κ1) is 35.7. The van der Waals surface area contributed by atoms with Crippen molar-refractivity contribution in [2.45, 2.75) is 99.3 Å². The van der Waals surface area contributed by atoms with Crippen LogP contribution in [0.1, 0.15) is 85.8 Å². The molecule has 0 unspecified atom stereocenters. The van der Waals surface area contributed by atoms with Crippen LogP contribution in [0.15, 0.2) is 24.3 Å². The summed E-state index contributed by atoms with van der Waals surface area (Å²) in [5.74, 6) is -1.46. The zero-order chi connectivity index (χ0) is 30.1. The molecule has 2 atom stereocenters. The number of ether oxygens (including phenoxy) is 2. The van der Waals surface area contributed by atoms with Crippen LogP contribution in [-0.2, 0) is 25.6 Å². The lowest BCUT2D eigenvalue weighted by molar-refractivity contribution is -0.143. The minimum absolute atomic E-state index is 0. The summed E-state index contributed by atoms with van der Waals surface area (Å²) in [5.41, 5.74) is 1.23. The highest BCUT2D eigenvalue weighted by molar-refractivity contribution is 5.80. The van der Waals surface area contributed by atoms with Gasteiger partial charge in [-0.05, 0) is 79.7 Å². The lowest BCUT2D eigenvalue weighted by Gasteiger charge is -2.33. The van der Waals surface area contributed by atoms with Crippen molar-refractivity contribution < 1.29 is 33.8 Å². The van der Waals surface area contributed by atoms with Gasteiger partial charge >= 0.3 is 18.2 Å². The fraction of sp³-hybridized carbons (Fsp3) is 0.677. The van der Waals surface area contributed by atoms with Gasteiger partial charge in [0.15, 0.2) is 0 Å². The van der Waals surface area contributed by atoms with E-state index < -0.39 is 29.2 Å². The molecule has 3 amide bonds. The first-order chi connectivity index (χ1) is 18.5. The van der Waals surface area contributed by atoms with E-state index in [0.717, 1.165) is 24.8 Å². The van der Waals surface area contributed by atoms with Crippen LogP contribution in [0, 0.1) is 18.8 Å². The number of carbonyl (C=O) groups excluding carboxylic acids is 3. The maximum atomic E-state index is 12.4. The van der Waals surface area contributed by atoms with E-state index in [4.69, 9.17) is 14.6 Å². The van der Waals surface area contributed by atoms with Crippen LogP contribution in [0.25, 0.3) is 0 Å². The molecule has 0 aromatic heterocycles. The van der Waals surface area contributed by atoms with E-state index in [2.05, 4.69) is 5.32 Å². The first-order valence-corrected chi connectivity index (χ1v) is 14.1. The highest BCUT2D eigenvalue weighted by Gasteiger charge is 2.32. The molecule has 2 saturated heterocycles. The Morgan fingerprint density at radius 1 is 0.829 bits per heavy atom. The third-order valence-corrected chi connectivity index (χ3v) is 6.45. The number of carboxylic acid groups (broad SMARTS) is 1. The van der Waals surface area contributed by atoms with Crippen molar-refractivity contribution in [1.82, 2.24) is 15.1 Å². The standard InChI is InChI=1S/C19H28N2O3.C11H19NO4.CH4/c1-14-7-9-15(10-8-14)12-20-17(22)16-6-5-11-21(13-16)18(23)24-19(2,3)4;1-11(2,3)16-10(15)12-6-4-5-8(7-12)9(13)14;/h7-10,16H,5-6,11-13H2,1-4H3,(H,20,22);8H,4-7H2,1-3H3,(H,13,14);1H4/t16-;8-;/m00./s1. The number of amides is 3. The van der Waals surface area contributed by atoms with Gasteiger partial charge in [0.1, 0.15) is 11.2 Å². The summed E-state index contributed by atoms with van der Waals surface area (Å²) in [6.07, 6.45) is 2.23. The van der Waals surface area contributed by atoms with Crippen molar-refractivity contribution in [3.8, 4) is 0 Å². The molecule has 2 fully saturated rings. The van der Waals surface area contributed by atoms with Gasteiger partial charge < -0.3 is 29.7 Å². The zero-order valence-corrected chi connectivity index (χ0v) is 25.1. The largest absolute Gasteiger partial charge is 0.481 e. The molecule has 41 heavy (non-hydrogen) atoms. The van der Waals surface area contributed by atoms with E-state index >= 15 is 0 Å². The summed E-state index contributed by atoms with van der Waals surface area (Å²) in [4.78, 5) is 50.2. The molecule has 10 nitrogen and oxygen atoms in total. The smallest absolute Gasteiger partial charge is 0.410 e. The second kappa shape index (κ2) is 15.6. The van der Waals surface area contributed by atoms with Crippen LogP contribution >= 0.6 is 0 Å². The average molecular weight is 578 g/mol. The number of nitrogens with zero attached hydrogens (tertiary/aromatic N) is 2. The van der Waals surface area contributed by atoms with Crippen molar-refractivity contribution in [2.75, 3.05) is 26.2 Å². The van der Waals surface area contributed by atoms with Gasteiger partial charge in [0, 0.05) is 32.7 Å². The summed E-state index contributed by atoms with van der Waals surface area (Å²) in [5, 5.41) is 11.9. The highest BCUT2D eigenvalue weighted by Crippen LogP contribution is 2.21. The van der Waals surface area contributed by atoms with Crippen LogP contribution in [0.2, 0.25) is 0 Å². The minimum atomic E-state index is -0.840. The summed E-state index contributed by atoms with van der Waals surface area (Å²) in [6, 6.07) is 8.10. The number of rotatable bonds is 4. The Hall–Kier alpha value is -3.30. The number of piperidine rings is 2. The second-order valence-corrected chi connectivity index (χ2v) is 12.6. The Morgan fingerprint density at radius 3 is 1.71 bits per heavy atom. The van der Waals surface area contributed by atoms with Crippen molar-refractivity contribution in [3.05, 3.63) is 35.4 Å². The third kappa shape index (κ3) is 13.3. The lowest BCUT2D eigenvalue weighted by atomic mass is 9.97. The van der Waals surface area contributed by atoms with Crippen LogP contribution < -0.4 is 5.32 Å². The summed E-state index contributed by atoms with van der Waals surface area (Å²) in [7, 11) is 0. The van der Waals surface area contributed by atoms with Crippen LogP contribution in [0.4, 0.5) is 9.59 Å². The maximum absolute atomic E-state index is 12.4. The number of hydrogen-bond acceptors (Lipinski definition) is 6. The van der Waals surface area contributed by atoms with E-state index in [0.29, 0.717) is 32.6 Å². The average Bonchev–Trinajstić information content (AvgIpc) is 2.86. The fourth-order valence-corrected chi connectivity index (χ4v) is 4.39. The molecule has 3 rings (SSSR count). The number of aliphatic carboxylic acids is 1. The van der Waals surface area contributed by atoms with E-state index in [1.54, 1.807) is 25.7 Å². The van der Waals surface area contributed by atoms with Crippen molar-refractivity contribution >= 4 is 24.1 Å². The van der Waals surface area contributed by atoms with Crippen LogP contribution in [-0.4, -0.2) is 76.4 Å². The molecule has 0 saturated carbocycles. The van der Waals surface area contributed by atoms with Gasteiger partial charge in [-0.1, -0.05) is 37.3 Å². The lowest BCUT2D eigenvalue weighted by Crippen LogP contribution is -2.46. The SMILES string of the molecule is C.CC(C)(C)OC(=O)N1CCC[C@H](C(=O)O)C1.Cc1ccc(CNC(=O)[C@H]2CCCN(C(=O)OC(C)(C)C)C2)cc1. The molecule has 2 N–H and O–H groups in total. The number of carboxylic acids is 1. The summed E-state index contributed by atoms with van der Waals surface area (Å²) >= 11 is 0. The Balaban J connectivity index is 0.000000433. The molecule has 1 aromatic carbocycles. The van der Waals surface area contributed by atoms with Gasteiger partial charge in [-0.15, -0.1) is 0 Å². The zero-order valence-electron chi connectivity index (χ0n) is 25.1. The summed E-state index contributed by atoms with van der Waals surface area (Å²) < 4.78 is 10.6. The van der Waals surface area contributed by atoms with E-state index in [-0.39, 0.29) is 31.9 Å². The molecule has 1 aromatic rings.